The minimum Gasteiger partial charge on any atom is -0.479 e. The van der Waals surface area contributed by atoms with Crippen molar-refractivity contribution in [2.45, 2.75) is 19.1 Å². The molecule has 0 spiro atoms. The molecular formula is C11H11N3O2. The summed E-state index contributed by atoms with van der Waals surface area (Å²) < 4.78 is 5.38. The van der Waals surface area contributed by atoms with Gasteiger partial charge in [-0.25, -0.2) is 0 Å². The lowest BCUT2D eigenvalue weighted by Gasteiger charge is -2.23. The zero-order valence-corrected chi connectivity index (χ0v) is 8.73. The smallest absolute Gasteiger partial charge is 0.265 e. The first-order valence-electron chi connectivity index (χ1n) is 4.88. The Kier molecular flexibility index (Phi) is 2.50. The summed E-state index contributed by atoms with van der Waals surface area (Å²) in [6.45, 7) is 1.67. The van der Waals surface area contributed by atoms with Crippen molar-refractivity contribution in [3.63, 3.8) is 0 Å². The van der Waals surface area contributed by atoms with Gasteiger partial charge in [-0.1, -0.05) is 6.07 Å². The number of carbonyl (C=O) groups excluding carboxylic acids is 1. The van der Waals surface area contributed by atoms with E-state index in [1.165, 1.54) is 0 Å². The van der Waals surface area contributed by atoms with E-state index < -0.39 is 12.1 Å². The number of nitrogens with zero attached hydrogens (tertiary/aromatic N) is 1. The highest BCUT2D eigenvalue weighted by atomic mass is 16.5. The van der Waals surface area contributed by atoms with Crippen molar-refractivity contribution in [3.05, 3.63) is 23.8 Å². The first kappa shape index (κ1) is 10.5. The lowest BCUT2D eigenvalue weighted by Crippen LogP contribution is -2.34. The topological polar surface area (TPSA) is 88.1 Å². The van der Waals surface area contributed by atoms with Gasteiger partial charge in [-0.15, -0.1) is 0 Å². The van der Waals surface area contributed by atoms with E-state index in [-0.39, 0.29) is 5.91 Å². The maximum absolute atomic E-state index is 11.4. The molecule has 5 nitrogen and oxygen atoms in total. The lowest BCUT2D eigenvalue weighted by molar-refractivity contribution is -0.122. The Morgan fingerprint density at radius 2 is 2.38 bits per heavy atom. The van der Waals surface area contributed by atoms with Gasteiger partial charge in [-0.2, -0.15) is 5.26 Å². The second-order valence-electron chi connectivity index (χ2n) is 3.61. The molecule has 0 radical (unpaired) electrons. The van der Waals surface area contributed by atoms with Crippen molar-refractivity contribution >= 4 is 11.6 Å². The molecular weight excluding hydrogens is 206 g/mol. The summed E-state index contributed by atoms with van der Waals surface area (Å²) in [6, 6.07) is 6.32. The summed E-state index contributed by atoms with van der Waals surface area (Å²) >= 11 is 0. The lowest BCUT2D eigenvalue weighted by atomic mass is 10.1. The number of hydrogen-bond acceptors (Lipinski definition) is 4. The summed E-state index contributed by atoms with van der Waals surface area (Å²) in [5.41, 5.74) is 6.79. The molecule has 2 rings (SSSR count). The molecule has 2 unspecified atom stereocenters. The molecule has 16 heavy (non-hydrogen) atoms. The van der Waals surface area contributed by atoms with E-state index in [4.69, 9.17) is 15.7 Å². The second-order valence-corrected chi connectivity index (χ2v) is 3.61. The number of nitriles is 1. The number of ether oxygens (including phenoxy) is 1. The molecule has 1 aliphatic heterocycles. The summed E-state index contributed by atoms with van der Waals surface area (Å²) in [5.74, 6) is 0.399. The van der Waals surface area contributed by atoms with Crippen LogP contribution in [0.3, 0.4) is 0 Å². The van der Waals surface area contributed by atoms with E-state index in [2.05, 4.69) is 5.32 Å². The van der Waals surface area contributed by atoms with E-state index in [1.807, 2.05) is 6.07 Å². The quantitative estimate of drug-likeness (QED) is 0.732. The molecule has 0 aliphatic carbocycles. The highest BCUT2D eigenvalue weighted by Crippen LogP contribution is 2.31. The van der Waals surface area contributed by atoms with Gasteiger partial charge in [0, 0.05) is 0 Å². The number of nitrogens with one attached hydrogen (secondary N) is 1. The Morgan fingerprint density at radius 3 is 3.06 bits per heavy atom. The summed E-state index contributed by atoms with van der Waals surface area (Å²) in [4.78, 5) is 11.4. The molecule has 1 aromatic carbocycles. The Labute approximate surface area is 92.8 Å². The standard InChI is InChI=1S/C11H11N3O2/c1-6-11(15)14-9-4-7(8(13)5-12)2-3-10(9)16-6/h2-4,6,8H,13H2,1H3,(H,14,15). The van der Waals surface area contributed by atoms with E-state index >= 15 is 0 Å². The zero-order chi connectivity index (χ0) is 11.7. The molecule has 1 heterocycles. The Balaban J connectivity index is 2.37. The predicted molar refractivity (Wildman–Crippen MR) is 57.7 cm³/mol. The molecule has 1 amide bonds. The molecule has 0 fully saturated rings. The van der Waals surface area contributed by atoms with Gasteiger partial charge in [0.25, 0.3) is 5.91 Å². The van der Waals surface area contributed by atoms with Crippen LogP contribution in [-0.4, -0.2) is 12.0 Å². The van der Waals surface area contributed by atoms with Crippen LogP contribution in [0.15, 0.2) is 18.2 Å². The number of rotatable bonds is 1. The van der Waals surface area contributed by atoms with Crippen molar-refractivity contribution < 1.29 is 9.53 Å². The van der Waals surface area contributed by atoms with Crippen LogP contribution in [0.2, 0.25) is 0 Å². The SMILES string of the molecule is CC1Oc2ccc(C(N)C#N)cc2NC1=O. The molecule has 1 aromatic rings. The predicted octanol–water partition coefficient (Wildman–Crippen LogP) is 0.929. The minimum atomic E-state index is -0.693. The third kappa shape index (κ3) is 1.71. The van der Waals surface area contributed by atoms with Crippen LogP contribution in [0.4, 0.5) is 5.69 Å². The molecule has 5 heteroatoms. The van der Waals surface area contributed by atoms with Gasteiger partial charge in [0.2, 0.25) is 0 Å². The summed E-state index contributed by atoms with van der Waals surface area (Å²) in [5, 5.41) is 11.4. The van der Waals surface area contributed by atoms with Gasteiger partial charge >= 0.3 is 0 Å². The van der Waals surface area contributed by atoms with E-state index in [0.717, 1.165) is 0 Å². The molecule has 0 saturated heterocycles. The molecule has 0 aromatic heterocycles. The highest BCUT2D eigenvalue weighted by molar-refractivity contribution is 5.97. The number of amides is 1. The number of hydrogen-bond donors (Lipinski definition) is 2. The first-order chi connectivity index (χ1) is 7.61. The number of fused-ring (bicyclic) bond motifs is 1. The van der Waals surface area contributed by atoms with Crippen LogP contribution in [0, 0.1) is 11.3 Å². The fraction of sp³-hybridized carbons (Fsp3) is 0.273. The second kappa shape index (κ2) is 3.83. The van der Waals surface area contributed by atoms with E-state index in [1.54, 1.807) is 25.1 Å². The zero-order valence-electron chi connectivity index (χ0n) is 8.73. The molecule has 0 bridgehead atoms. The Hall–Kier alpha value is -2.06. The van der Waals surface area contributed by atoms with Crippen LogP contribution >= 0.6 is 0 Å². The van der Waals surface area contributed by atoms with Crippen molar-refractivity contribution in [3.8, 4) is 11.8 Å². The third-order valence-electron chi connectivity index (χ3n) is 2.43. The number of carbonyl (C=O) groups is 1. The van der Waals surface area contributed by atoms with Gasteiger partial charge < -0.3 is 15.8 Å². The van der Waals surface area contributed by atoms with Crippen LogP contribution < -0.4 is 15.8 Å². The molecule has 82 valence electrons. The van der Waals surface area contributed by atoms with Gasteiger partial charge in [-0.3, -0.25) is 4.79 Å². The van der Waals surface area contributed by atoms with Crippen molar-refractivity contribution in [1.82, 2.24) is 0 Å². The van der Waals surface area contributed by atoms with Gasteiger partial charge in [0.05, 0.1) is 11.8 Å². The number of nitrogens with two attached hydrogens (primary N) is 1. The van der Waals surface area contributed by atoms with Gasteiger partial charge in [0.1, 0.15) is 11.8 Å². The van der Waals surface area contributed by atoms with Crippen molar-refractivity contribution in [1.29, 1.82) is 5.26 Å². The van der Waals surface area contributed by atoms with E-state index in [9.17, 15) is 4.79 Å². The first-order valence-corrected chi connectivity index (χ1v) is 4.88. The van der Waals surface area contributed by atoms with Gasteiger partial charge in [0.15, 0.2) is 6.10 Å². The minimum absolute atomic E-state index is 0.199. The highest BCUT2D eigenvalue weighted by Gasteiger charge is 2.23. The Bertz CT molecular complexity index is 479. The molecule has 0 saturated carbocycles. The molecule has 3 N–H and O–H groups in total. The van der Waals surface area contributed by atoms with Crippen LogP contribution in [-0.2, 0) is 4.79 Å². The van der Waals surface area contributed by atoms with Crippen molar-refractivity contribution in [2.24, 2.45) is 5.73 Å². The monoisotopic (exact) mass is 217 g/mol. The fourth-order valence-corrected chi connectivity index (χ4v) is 1.49. The van der Waals surface area contributed by atoms with Crippen molar-refractivity contribution in [2.75, 3.05) is 5.32 Å². The normalized spacial score (nSPS) is 20.1. The maximum atomic E-state index is 11.4. The summed E-state index contributed by atoms with van der Waals surface area (Å²) in [6.07, 6.45) is -0.497. The van der Waals surface area contributed by atoms with Crippen LogP contribution in [0.5, 0.6) is 5.75 Å². The van der Waals surface area contributed by atoms with Crippen LogP contribution in [0.25, 0.3) is 0 Å². The largest absolute Gasteiger partial charge is 0.479 e. The maximum Gasteiger partial charge on any atom is 0.265 e. The van der Waals surface area contributed by atoms with E-state index in [0.29, 0.717) is 17.0 Å². The van der Waals surface area contributed by atoms with Gasteiger partial charge in [-0.05, 0) is 24.6 Å². The summed E-state index contributed by atoms with van der Waals surface area (Å²) in [7, 11) is 0. The number of anilines is 1. The number of benzene rings is 1. The average Bonchev–Trinajstić information content (AvgIpc) is 2.29. The average molecular weight is 217 g/mol. The molecule has 1 aliphatic rings. The molecule has 2 atom stereocenters. The van der Waals surface area contributed by atoms with Crippen LogP contribution in [0.1, 0.15) is 18.5 Å². The third-order valence-corrected chi connectivity index (χ3v) is 2.43. The fourth-order valence-electron chi connectivity index (χ4n) is 1.49. The Morgan fingerprint density at radius 1 is 1.62 bits per heavy atom.